The molecule has 1 N–H and O–H groups in total. The van der Waals surface area contributed by atoms with Crippen LogP contribution in [0.2, 0.25) is 5.02 Å². The fourth-order valence-corrected chi connectivity index (χ4v) is 3.91. The van der Waals surface area contributed by atoms with Crippen molar-refractivity contribution in [3.63, 3.8) is 0 Å². The standard InChI is InChI=1S/C28H24ClN5O3/c1-36-25-10-9-20(13-26(25)37-2)27-23(18-34(33-27)17-21-7-3-4-8-24(21)29)12-22(14-30)28(35)32-16-19-6-5-11-31-15-19/h3-13,15,18H,16-17H2,1-2H3,(H,32,35). The van der Waals surface area contributed by atoms with Crippen molar-refractivity contribution in [2.24, 2.45) is 0 Å². The molecule has 8 nitrogen and oxygen atoms in total. The molecule has 0 radical (unpaired) electrons. The molecule has 0 spiro atoms. The number of pyridine rings is 1. The highest BCUT2D eigenvalue weighted by Gasteiger charge is 2.17. The summed E-state index contributed by atoms with van der Waals surface area (Å²) in [7, 11) is 3.12. The Hall–Kier alpha value is -4.61. The Morgan fingerprint density at radius 1 is 1.14 bits per heavy atom. The Labute approximate surface area is 219 Å². The van der Waals surface area contributed by atoms with E-state index in [9.17, 15) is 10.1 Å². The van der Waals surface area contributed by atoms with Crippen molar-refractivity contribution in [1.29, 1.82) is 5.26 Å². The molecule has 9 heteroatoms. The summed E-state index contributed by atoms with van der Waals surface area (Å²) in [6.45, 7) is 0.656. The van der Waals surface area contributed by atoms with E-state index in [1.54, 1.807) is 55.7 Å². The van der Waals surface area contributed by atoms with Gasteiger partial charge in [-0.3, -0.25) is 14.5 Å². The van der Waals surface area contributed by atoms with Crippen LogP contribution in [0, 0.1) is 11.3 Å². The zero-order chi connectivity index (χ0) is 26.2. The SMILES string of the molecule is COc1ccc(-c2nn(Cc3ccccc3Cl)cc2C=C(C#N)C(=O)NCc2cccnc2)cc1OC. The van der Waals surface area contributed by atoms with Crippen molar-refractivity contribution in [2.75, 3.05) is 14.2 Å². The number of methoxy groups -OCH3 is 2. The van der Waals surface area contributed by atoms with Gasteiger partial charge in [0.05, 0.1) is 26.5 Å². The summed E-state index contributed by atoms with van der Waals surface area (Å²) in [5.41, 5.74) is 3.55. The molecular formula is C28H24ClN5O3. The van der Waals surface area contributed by atoms with E-state index in [0.717, 1.165) is 16.7 Å². The molecule has 4 aromatic rings. The quantitative estimate of drug-likeness (QED) is 0.252. The Morgan fingerprint density at radius 2 is 1.95 bits per heavy atom. The van der Waals surface area contributed by atoms with Gasteiger partial charge in [-0.2, -0.15) is 10.4 Å². The summed E-state index contributed by atoms with van der Waals surface area (Å²) >= 11 is 6.36. The number of rotatable bonds is 9. The smallest absolute Gasteiger partial charge is 0.262 e. The summed E-state index contributed by atoms with van der Waals surface area (Å²) < 4.78 is 12.5. The van der Waals surface area contributed by atoms with E-state index in [1.165, 1.54) is 6.08 Å². The van der Waals surface area contributed by atoms with Crippen LogP contribution in [0.5, 0.6) is 11.5 Å². The Morgan fingerprint density at radius 3 is 2.65 bits per heavy atom. The lowest BCUT2D eigenvalue weighted by Crippen LogP contribution is -2.24. The maximum atomic E-state index is 12.8. The molecule has 0 saturated heterocycles. The van der Waals surface area contributed by atoms with Crippen molar-refractivity contribution in [2.45, 2.75) is 13.1 Å². The first-order valence-corrected chi connectivity index (χ1v) is 11.7. The van der Waals surface area contributed by atoms with Crippen LogP contribution in [-0.2, 0) is 17.9 Å². The number of hydrogen-bond acceptors (Lipinski definition) is 6. The van der Waals surface area contributed by atoms with Crippen molar-refractivity contribution in [3.8, 4) is 28.8 Å². The van der Waals surface area contributed by atoms with Gasteiger partial charge in [-0.15, -0.1) is 0 Å². The van der Waals surface area contributed by atoms with Crippen molar-refractivity contribution < 1.29 is 14.3 Å². The van der Waals surface area contributed by atoms with Crippen LogP contribution in [0.4, 0.5) is 0 Å². The number of carbonyl (C=O) groups excluding carboxylic acids is 1. The van der Waals surface area contributed by atoms with Gasteiger partial charge in [-0.05, 0) is 47.5 Å². The first-order chi connectivity index (χ1) is 18.0. The van der Waals surface area contributed by atoms with Crippen LogP contribution < -0.4 is 14.8 Å². The van der Waals surface area contributed by atoms with E-state index in [2.05, 4.69) is 10.3 Å². The molecule has 0 atom stereocenters. The molecule has 0 aliphatic rings. The second-order valence-corrected chi connectivity index (χ2v) is 8.41. The van der Waals surface area contributed by atoms with Crippen LogP contribution in [-0.4, -0.2) is 34.9 Å². The van der Waals surface area contributed by atoms with Gasteiger partial charge >= 0.3 is 0 Å². The second kappa shape index (κ2) is 11.9. The van der Waals surface area contributed by atoms with Crippen LogP contribution >= 0.6 is 11.6 Å². The molecule has 0 aliphatic carbocycles. The minimum absolute atomic E-state index is 0.0529. The average molecular weight is 514 g/mol. The largest absolute Gasteiger partial charge is 0.493 e. The van der Waals surface area contributed by atoms with Crippen LogP contribution in [0.3, 0.4) is 0 Å². The molecular weight excluding hydrogens is 490 g/mol. The van der Waals surface area contributed by atoms with Crippen molar-refractivity contribution >= 4 is 23.6 Å². The molecule has 0 unspecified atom stereocenters. The van der Waals surface area contributed by atoms with Crippen LogP contribution in [0.15, 0.2) is 78.8 Å². The topological polar surface area (TPSA) is 102 Å². The summed E-state index contributed by atoms with van der Waals surface area (Å²) in [5, 5.41) is 17.9. The Bertz CT molecular complexity index is 1470. The Kier molecular flexibility index (Phi) is 8.18. The first-order valence-electron chi connectivity index (χ1n) is 11.3. The highest BCUT2D eigenvalue weighted by atomic mass is 35.5. The molecule has 2 aromatic heterocycles. The number of aromatic nitrogens is 3. The van der Waals surface area contributed by atoms with E-state index in [-0.39, 0.29) is 12.1 Å². The fraction of sp³-hybridized carbons (Fsp3) is 0.143. The minimum atomic E-state index is -0.497. The minimum Gasteiger partial charge on any atom is -0.493 e. The number of amides is 1. The van der Waals surface area contributed by atoms with Gasteiger partial charge in [0.2, 0.25) is 0 Å². The number of halogens is 1. The number of ether oxygens (including phenoxy) is 2. The highest BCUT2D eigenvalue weighted by Crippen LogP contribution is 2.34. The third-order valence-corrected chi connectivity index (χ3v) is 5.95. The molecule has 1 amide bonds. The van der Waals surface area contributed by atoms with Gasteiger partial charge in [0.15, 0.2) is 11.5 Å². The monoisotopic (exact) mass is 513 g/mol. The number of hydrogen-bond donors (Lipinski definition) is 1. The molecule has 0 saturated carbocycles. The third kappa shape index (κ3) is 6.15. The number of benzene rings is 2. The maximum Gasteiger partial charge on any atom is 0.262 e. The molecule has 0 fully saturated rings. The number of nitrogens with zero attached hydrogens (tertiary/aromatic N) is 4. The van der Waals surface area contributed by atoms with E-state index >= 15 is 0 Å². The third-order valence-electron chi connectivity index (χ3n) is 5.58. The van der Waals surface area contributed by atoms with E-state index in [1.807, 2.05) is 42.5 Å². The predicted octanol–water partition coefficient (Wildman–Crippen LogP) is 4.89. The lowest BCUT2D eigenvalue weighted by atomic mass is 10.1. The van der Waals surface area contributed by atoms with Gasteiger partial charge in [-0.1, -0.05) is 35.9 Å². The van der Waals surface area contributed by atoms with E-state index in [4.69, 9.17) is 26.2 Å². The summed E-state index contributed by atoms with van der Waals surface area (Å²) in [6, 6.07) is 18.6. The fourth-order valence-electron chi connectivity index (χ4n) is 3.72. The highest BCUT2D eigenvalue weighted by molar-refractivity contribution is 6.31. The number of nitrogens with one attached hydrogen (secondary N) is 1. The molecule has 186 valence electrons. The summed E-state index contributed by atoms with van der Waals surface area (Å²) in [5.74, 6) is 0.611. The van der Waals surface area contributed by atoms with E-state index in [0.29, 0.717) is 34.3 Å². The lowest BCUT2D eigenvalue weighted by Gasteiger charge is -2.09. The van der Waals surface area contributed by atoms with E-state index < -0.39 is 5.91 Å². The number of nitriles is 1. The van der Waals surface area contributed by atoms with Crippen LogP contribution in [0.1, 0.15) is 16.7 Å². The van der Waals surface area contributed by atoms with Crippen molar-refractivity contribution in [3.05, 3.63) is 100 Å². The molecule has 37 heavy (non-hydrogen) atoms. The van der Waals surface area contributed by atoms with Gasteiger partial charge in [0.1, 0.15) is 11.6 Å². The first kappa shape index (κ1) is 25.5. The van der Waals surface area contributed by atoms with Gasteiger partial charge in [0, 0.05) is 41.3 Å². The zero-order valence-electron chi connectivity index (χ0n) is 20.3. The zero-order valence-corrected chi connectivity index (χ0v) is 21.1. The molecule has 2 aromatic carbocycles. The second-order valence-electron chi connectivity index (χ2n) is 8.01. The summed E-state index contributed by atoms with van der Waals surface area (Å²) in [6.07, 6.45) is 6.62. The normalized spacial score (nSPS) is 11.0. The van der Waals surface area contributed by atoms with Crippen LogP contribution in [0.25, 0.3) is 17.3 Å². The molecule has 0 aliphatic heterocycles. The molecule has 2 heterocycles. The lowest BCUT2D eigenvalue weighted by molar-refractivity contribution is -0.117. The molecule has 4 rings (SSSR count). The maximum absolute atomic E-state index is 12.8. The summed E-state index contributed by atoms with van der Waals surface area (Å²) in [4.78, 5) is 16.9. The predicted molar refractivity (Wildman–Crippen MR) is 141 cm³/mol. The van der Waals surface area contributed by atoms with Gasteiger partial charge in [-0.25, -0.2) is 0 Å². The van der Waals surface area contributed by atoms with Gasteiger partial charge in [0.25, 0.3) is 5.91 Å². The average Bonchev–Trinajstić information content (AvgIpc) is 3.33. The van der Waals surface area contributed by atoms with Crippen molar-refractivity contribution in [1.82, 2.24) is 20.1 Å². The number of carbonyl (C=O) groups is 1. The Balaban J connectivity index is 1.71. The molecule has 0 bridgehead atoms. The van der Waals surface area contributed by atoms with Gasteiger partial charge < -0.3 is 14.8 Å².